The van der Waals surface area contributed by atoms with Crippen molar-refractivity contribution in [3.05, 3.63) is 78.2 Å². The van der Waals surface area contributed by atoms with Gasteiger partial charge in [-0.3, -0.25) is 9.78 Å². The van der Waals surface area contributed by atoms with Crippen molar-refractivity contribution in [1.29, 1.82) is 0 Å². The van der Waals surface area contributed by atoms with Crippen LogP contribution in [-0.2, 0) is 0 Å². The van der Waals surface area contributed by atoms with Gasteiger partial charge in [-0.15, -0.1) is 5.10 Å². The van der Waals surface area contributed by atoms with Crippen LogP contribution in [0.2, 0.25) is 0 Å². The zero-order valence-corrected chi connectivity index (χ0v) is 13.5. The van der Waals surface area contributed by atoms with Gasteiger partial charge in [-0.05, 0) is 31.2 Å². The summed E-state index contributed by atoms with van der Waals surface area (Å²) in [7, 11) is 0. The fourth-order valence-electron chi connectivity index (χ4n) is 2.65. The van der Waals surface area contributed by atoms with Crippen molar-refractivity contribution in [1.82, 2.24) is 20.0 Å². The molecule has 1 amide bonds. The van der Waals surface area contributed by atoms with Gasteiger partial charge >= 0.3 is 0 Å². The first kappa shape index (κ1) is 15.0. The van der Waals surface area contributed by atoms with E-state index in [1.165, 1.54) is 4.80 Å². The largest absolute Gasteiger partial charge is 0.319 e. The van der Waals surface area contributed by atoms with Gasteiger partial charge in [-0.2, -0.15) is 9.90 Å². The number of fused-ring (bicyclic) bond motifs is 1. The molecule has 4 rings (SSSR count). The van der Waals surface area contributed by atoms with Gasteiger partial charge in [0.25, 0.3) is 5.91 Å². The van der Waals surface area contributed by atoms with Crippen molar-refractivity contribution < 1.29 is 4.79 Å². The van der Waals surface area contributed by atoms with Crippen LogP contribution in [0.3, 0.4) is 0 Å². The number of para-hydroxylation sites is 2. The number of aromatic nitrogens is 4. The van der Waals surface area contributed by atoms with Crippen LogP contribution in [0.4, 0.5) is 5.69 Å². The molecule has 0 aliphatic rings. The average molecular weight is 329 g/mol. The third kappa shape index (κ3) is 2.85. The molecular weight excluding hydrogens is 314 g/mol. The van der Waals surface area contributed by atoms with E-state index < -0.39 is 0 Å². The lowest BCUT2D eigenvalue weighted by Gasteiger charge is -2.06. The Morgan fingerprint density at radius 3 is 2.60 bits per heavy atom. The number of amides is 1. The number of carbonyl (C=O) groups is 1. The molecule has 0 aliphatic heterocycles. The molecule has 6 nitrogen and oxygen atoms in total. The summed E-state index contributed by atoms with van der Waals surface area (Å²) >= 11 is 0. The maximum absolute atomic E-state index is 12.7. The first-order valence-corrected chi connectivity index (χ1v) is 7.87. The van der Waals surface area contributed by atoms with Gasteiger partial charge in [0.15, 0.2) is 5.69 Å². The molecule has 2 aromatic carbocycles. The number of rotatable bonds is 3. The number of benzene rings is 2. The number of hydrogen-bond acceptors (Lipinski definition) is 4. The summed E-state index contributed by atoms with van der Waals surface area (Å²) < 4.78 is 0. The lowest BCUT2D eigenvalue weighted by molar-refractivity contribution is 0.102. The van der Waals surface area contributed by atoms with Crippen LogP contribution in [0.1, 0.15) is 16.2 Å². The lowest BCUT2D eigenvalue weighted by Crippen LogP contribution is -2.14. The smallest absolute Gasteiger partial charge is 0.278 e. The van der Waals surface area contributed by atoms with Crippen LogP contribution < -0.4 is 5.32 Å². The maximum Gasteiger partial charge on any atom is 0.278 e. The van der Waals surface area contributed by atoms with Crippen molar-refractivity contribution >= 4 is 22.5 Å². The molecule has 0 aliphatic carbocycles. The Labute approximate surface area is 144 Å². The Morgan fingerprint density at radius 2 is 1.76 bits per heavy atom. The fraction of sp³-hybridized carbons (Fsp3) is 0.0526. The number of nitrogens with zero attached hydrogens (tertiary/aromatic N) is 4. The van der Waals surface area contributed by atoms with E-state index in [1.807, 2.05) is 60.7 Å². The first-order valence-electron chi connectivity index (χ1n) is 7.87. The van der Waals surface area contributed by atoms with Gasteiger partial charge in [-0.25, -0.2) is 0 Å². The van der Waals surface area contributed by atoms with Crippen LogP contribution in [0, 0.1) is 6.92 Å². The van der Waals surface area contributed by atoms with Crippen molar-refractivity contribution in [3.8, 4) is 5.69 Å². The minimum absolute atomic E-state index is 0.289. The summed E-state index contributed by atoms with van der Waals surface area (Å²) in [4.78, 5) is 18.5. The summed E-state index contributed by atoms with van der Waals surface area (Å²) in [6, 6.07) is 19.0. The molecule has 6 heteroatoms. The van der Waals surface area contributed by atoms with Crippen molar-refractivity contribution in [2.45, 2.75) is 6.92 Å². The van der Waals surface area contributed by atoms with Gasteiger partial charge in [-0.1, -0.05) is 36.4 Å². The predicted molar refractivity (Wildman–Crippen MR) is 95.8 cm³/mol. The minimum Gasteiger partial charge on any atom is -0.319 e. The highest BCUT2D eigenvalue weighted by Crippen LogP contribution is 2.21. The molecule has 2 heterocycles. The predicted octanol–water partition coefficient (Wildman–Crippen LogP) is 3.38. The summed E-state index contributed by atoms with van der Waals surface area (Å²) in [6.45, 7) is 1.77. The summed E-state index contributed by atoms with van der Waals surface area (Å²) in [5.41, 5.74) is 3.05. The highest BCUT2D eigenvalue weighted by molar-refractivity contribution is 6.07. The molecule has 0 fully saturated rings. The molecule has 0 atom stereocenters. The Morgan fingerprint density at radius 1 is 0.960 bits per heavy atom. The standard InChI is InChI=1S/C19H15N5O/c1-13-17(23-24(22-13)15-9-3-2-4-10-15)19(25)21-16-11-5-7-14-8-6-12-20-18(14)16/h2-12H,1H3,(H,21,25). The molecule has 25 heavy (non-hydrogen) atoms. The van der Waals surface area contributed by atoms with E-state index in [9.17, 15) is 4.79 Å². The summed E-state index contributed by atoms with van der Waals surface area (Å²) in [5.74, 6) is -0.308. The van der Waals surface area contributed by atoms with Gasteiger partial charge in [0.1, 0.15) is 0 Å². The van der Waals surface area contributed by atoms with Crippen LogP contribution in [0.5, 0.6) is 0 Å². The molecule has 0 unspecified atom stereocenters. The van der Waals surface area contributed by atoms with Gasteiger partial charge < -0.3 is 5.32 Å². The normalized spacial score (nSPS) is 10.8. The van der Waals surface area contributed by atoms with Gasteiger partial charge in [0.2, 0.25) is 0 Å². The molecule has 1 N–H and O–H groups in total. The fourth-order valence-corrected chi connectivity index (χ4v) is 2.65. The number of nitrogens with one attached hydrogen (secondary N) is 1. The molecule has 122 valence electrons. The number of pyridine rings is 1. The van der Waals surface area contributed by atoms with Crippen LogP contribution in [0.15, 0.2) is 66.9 Å². The van der Waals surface area contributed by atoms with Gasteiger partial charge in [0.05, 0.1) is 22.6 Å². The molecule has 0 saturated heterocycles. The van der Waals surface area contributed by atoms with Crippen LogP contribution in [-0.4, -0.2) is 25.9 Å². The highest BCUT2D eigenvalue weighted by Gasteiger charge is 2.17. The molecule has 0 saturated carbocycles. The molecular formula is C19H15N5O. The SMILES string of the molecule is Cc1nn(-c2ccccc2)nc1C(=O)Nc1cccc2cccnc12. The summed E-state index contributed by atoms with van der Waals surface area (Å²) in [6.07, 6.45) is 1.70. The van der Waals surface area contributed by atoms with E-state index in [4.69, 9.17) is 0 Å². The number of carbonyl (C=O) groups excluding carboxylic acids is 1. The van der Waals surface area contributed by atoms with Crippen molar-refractivity contribution in [2.75, 3.05) is 5.32 Å². The zero-order chi connectivity index (χ0) is 17.2. The Hall–Kier alpha value is -3.54. The van der Waals surface area contributed by atoms with E-state index in [0.717, 1.165) is 16.6 Å². The number of hydrogen-bond donors (Lipinski definition) is 1. The second-order valence-electron chi connectivity index (χ2n) is 5.59. The minimum atomic E-state index is -0.308. The number of aryl methyl sites for hydroxylation is 1. The Bertz CT molecular complexity index is 1050. The van der Waals surface area contributed by atoms with Crippen molar-refractivity contribution in [3.63, 3.8) is 0 Å². The molecule has 0 radical (unpaired) electrons. The zero-order valence-electron chi connectivity index (χ0n) is 13.5. The number of anilines is 1. The molecule has 4 aromatic rings. The Kier molecular flexibility index (Phi) is 3.70. The van der Waals surface area contributed by atoms with Crippen molar-refractivity contribution in [2.24, 2.45) is 0 Å². The first-order chi connectivity index (χ1) is 12.2. The monoisotopic (exact) mass is 329 g/mol. The molecule has 2 aromatic heterocycles. The van der Waals surface area contributed by atoms with E-state index in [2.05, 4.69) is 20.5 Å². The second kappa shape index (κ2) is 6.16. The quantitative estimate of drug-likeness (QED) is 0.625. The van der Waals surface area contributed by atoms with Gasteiger partial charge in [0, 0.05) is 11.6 Å². The van der Waals surface area contributed by atoms with E-state index in [0.29, 0.717) is 11.4 Å². The topological polar surface area (TPSA) is 72.7 Å². The molecule has 0 spiro atoms. The van der Waals surface area contributed by atoms with E-state index in [1.54, 1.807) is 13.1 Å². The lowest BCUT2D eigenvalue weighted by atomic mass is 10.2. The maximum atomic E-state index is 12.7. The Balaban J connectivity index is 1.66. The van der Waals surface area contributed by atoms with E-state index in [-0.39, 0.29) is 11.6 Å². The van der Waals surface area contributed by atoms with E-state index >= 15 is 0 Å². The third-order valence-corrected chi connectivity index (χ3v) is 3.87. The highest BCUT2D eigenvalue weighted by atomic mass is 16.2. The second-order valence-corrected chi connectivity index (χ2v) is 5.59. The average Bonchev–Trinajstić information content (AvgIpc) is 3.05. The van der Waals surface area contributed by atoms with Crippen LogP contribution in [0.25, 0.3) is 16.6 Å². The summed E-state index contributed by atoms with van der Waals surface area (Å²) in [5, 5.41) is 12.5. The third-order valence-electron chi connectivity index (χ3n) is 3.87. The van der Waals surface area contributed by atoms with Crippen LogP contribution >= 0.6 is 0 Å². The molecule has 0 bridgehead atoms.